The van der Waals surface area contributed by atoms with Crippen LogP contribution >= 0.6 is 0 Å². The molecule has 0 aliphatic carbocycles. The third kappa shape index (κ3) is 4.21. The fourth-order valence-corrected chi connectivity index (χ4v) is 3.68. The number of hydrogen-bond acceptors (Lipinski definition) is 6. The van der Waals surface area contributed by atoms with Crippen LogP contribution in [0.4, 0.5) is 0 Å². The Bertz CT molecular complexity index is 1380. The first kappa shape index (κ1) is 20.5. The lowest BCUT2D eigenvalue weighted by Crippen LogP contribution is -2.05. The number of rotatable bonds is 7. The molecule has 0 aliphatic rings. The van der Waals surface area contributed by atoms with Gasteiger partial charge in [-0.2, -0.15) is 9.97 Å². The van der Waals surface area contributed by atoms with Gasteiger partial charge in [0.1, 0.15) is 11.6 Å². The molecule has 0 radical (unpaired) electrons. The van der Waals surface area contributed by atoms with E-state index in [4.69, 9.17) is 19.2 Å². The highest BCUT2D eigenvalue weighted by molar-refractivity contribution is 5.80. The Morgan fingerprint density at radius 3 is 2.15 bits per heavy atom. The van der Waals surface area contributed by atoms with Gasteiger partial charge in [-0.15, -0.1) is 0 Å². The van der Waals surface area contributed by atoms with Crippen molar-refractivity contribution < 1.29 is 14.2 Å². The van der Waals surface area contributed by atoms with Crippen LogP contribution in [-0.2, 0) is 6.54 Å². The predicted octanol–water partition coefficient (Wildman–Crippen LogP) is 5.35. The number of nitrogens with zero attached hydrogens (tertiary/aromatic N) is 4. The average Bonchev–Trinajstić information content (AvgIpc) is 3.24. The van der Waals surface area contributed by atoms with E-state index in [-0.39, 0.29) is 6.01 Å². The van der Waals surface area contributed by atoms with Crippen LogP contribution in [0.15, 0.2) is 84.9 Å². The van der Waals surface area contributed by atoms with Crippen molar-refractivity contribution in [2.75, 3.05) is 14.2 Å². The van der Waals surface area contributed by atoms with E-state index in [9.17, 15) is 0 Å². The highest BCUT2D eigenvalue weighted by Crippen LogP contribution is 2.30. The number of para-hydroxylation sites is 3. The fourth-order valence-electron chi connectivity index (χ4n) is 3.68. The van der Waals surface area contributed by atoms with Crippen LogP contribution in [0.25, 0.3) is 22.4 Å². The van der Waals surface area contributed by atoms with Crippen LogP contribution in [0.1, 0.15) is 5.56 Å². The average molecular weight is 438 g/mol. The third-order valence-corrected chi connectivity index (χ3v) is 5.27. The molecule has 0 saturated heterocycles. The maximum absolute atomic E-state index is 6.08. The fraction of sp³-hybridized carbons (Fsp3) is 0.115. The number of benzene rings is 3. The smallest absolute Gasteiger partial charge is 0.328 e. The van der Waals surface area contributed by atoms with E-state index in [1.54, 1.807) is 6.07 Å². The molecule has 2 heterocycles. The lowest BCUT2D eigenvalue weighted by atomic mass is 10.1. The monoisotopic (exact) mass is 438 g/mol. The molecule has 0 bridgehead atoms. The van der Waals surface area contributed by atoms with E-state index in [0.29, 0.717) is 24.1 Å². The molecule has 0 fully saturated rings. The predicted molar refractivity (Wildman–Crippen MR) is 126 cm³/mol. The van der Waals surface area contributed by atoms with Crippen molar-refractivity contribution in [1.82, 2.24) is 19.5 Å². The van der Waals surface area contributed by atoms with Gasteiger partial charge in [-0.05, 0) is 18.2 Å². The first-order chi connectivity index (χ1) is 16.2. The Kier molecular flexibility index (Phi) is 5.59. The minimum absolute atomic E-state index is 0.150. The van der Waals surface area contributed by atoms with Crippen molar-refractivity contribution in [1.29, 1.82) is 0 Å². The summed E-state index contributed by atoms with van der Waals surface area (Å²) < 4.78 is 18.8. The molecule has 0 saturated carbocycles. The summed E-state index contributed by atoms with van der Waals surface area (Å²) in [5.74, 6) is 2.26. The van der Waals surface area contributed by atoms with E-state index in [0.717, 1.165) is 28.0 Å². The molecular formula is C26H22N4O3. The largest absolute Gasteiger partial charge is 0.481 e. The zero-order chi connectivity index (χ0) is 22.6. The van der Waals surface area contributed by atoms with Gasteiger partial charge in [-0.1, -0.05) is 60.7 Å². The van der Waals surface area contributed by atoms with Gasteiger partial charge in [-0.3, -0.25) is 0 Å². The molecule has 0 aliphatic heterocycles. The SMILES string of the molecule is COc1cc(OC)nc(Oc2ccccc2Cn2c(-c3ccccc3)nc3ccccc32)n1. The topological polar surface area (TPSA) is 71.3 Å². The van der Waals surface area contributed by atoms with Gasteiger partial charge in [0.2, 0.25) is 11.8 Å². The summed E-state index contributed by atoms with van der Waals surface area (Å²) in [6.45, 7) is 0.558. The summed E-state index contributed by atoms with van der Waals surface area (Å²) in [4.78, 5) is 13.5. The van der Waals surface area contributed by atoms with Crippen LogP contribution in [0, 0.1) is 0 Å². The molecule has 0 unspecified atom stereocenters. The van der Waals surface area contributed by atoms with Crippen molar-refractivity contribution in [2.24, 2.45) is 0 Å². The minimum atomic E-state index is 0.150. The molecule has 0 spiro atoms. The molecule has 5 rings (SSSR count). The molecule has 3 aromatic carbocycles. The zero-order valence-corrected chi connectivity index (χ0v) is 18.3. The Labute approximate surface area is 191 Å². The third-order valence-electron chi connectivity index (χ3n) is 5.27. The maximum Gasteiger partial charge on any atom is 0.328 e. The Morgan fingerprint density at radius 2 is 1.39 bits per heavy atom. The normalized spacial score (nSPS) is 10.8. The molecule has 0 amide bonds. The summed E-state index contributed by atoms with van der Waals surface area (Å²) in [6, 6.07) is 27.9. The number of hydrogen-bond donors (Lipinski definition) is 0. The summed E-state index contributed by atoms with van der Waals surface area (Å²) in [6.07, 6.45) is 0. The van der Waals surface area contributed by atoms with Crippen molar-refractivity contribution >= 4 is 11.0 Å². The Hall–Kier alpha value is -4.39. The molecule has 164 valence electrons. The highest BCUT2D eigenvalue weighted by atomic mass is 16.5. The van der Waals surface area contributed by atoms with Crippen molar-refractivity contribution in [2.45, 2.75) is 6.54 Å². The van der Waals surface area contributed by atoms with Crippen LogP contribution in [0.2, 0.25) is 0 Å². The second-order valence-electron chi connectivity index (χ2n) is 7.32. The van der Waals surface area contributed by atoms with E-state index >= 15 is 0 Å². The van der Waals surface area contributed by atoms with Gasteiger partial charge in [0.25, 0.3) is 0 Å². The Morgan fingerprint density at radius 1 is 0.727 bits per heavy atom. The summed E-state index contributed by atoms with van der Waals surface area (Å²) in [7, 11) is 3.07. The van der Waals surface area contributed by atoms with Crippen LogP contribution in [0.3, 0.4) is 0 Å². The quantitative estimate of drug-likeness (QED) is 0.341. The van der Waals surface area contributed by atoms with Crippen molar-refractivity contribution in [3.05, 3.63) is 90.5 Å². The van der Waals surface area contributed by atoms with Crippen molar-refractivity contribution in [3.8, 4) is 34.9 Å². The molecule has 7 nitrogen and oxygen atoms in total. The lowest BCUT2D eigenvalue weighted by molar-refractivity contribution is 0.347. The van der Waals surface area contributed by atoms with E-state index in [2.05, 4.69) is 32.7 Å². The highest BCUT2D eigenvalue weighted by Gasteiger charge is 2.16. The molecule has 0 N–H and O–H groups in total. The molecule has 2 aromatic heterocycles. The van der Waals surface area contributed by atoms with E-state index in [1.165, 1.54) is 14.2 Å². The van der Waals surface area contributed by atoms with Gasteiger partial charge < -0.3 is 18.8 Å². The van der Waals surface area contributed by atoms with Gasteiger partial charge in [0.05, 0.1) is 37.9 Å². The number of fused-ring (bicyclic) bond motifs is 1. The molecule has 7 heteroatoms. The lowest BCUT2D eigenvalue weighted by Gasteiger charge is -2.14. The standard InChI is InChI=1S/C26H22N4O3/c1-31-23-16-24(32-2)29-26(28-23)33-22-15-9-6-12-19(22)17-30-21-14-8-7-13-20(21)27-25(30)18-10-4-3-5-11-18/h3-16H,17H2,1-2H3. The zero-order valence-electron chi connectivity index (χ0n) is 18.3. The van der Waals surface area contributed by atoms with E-state index in [1.807, 2.05) is 60.7 Å². The van der Waals surface area contributed by atoms with Crippen molar-refractivity contribution in [3.63, 3.8) is 0 Å². The maximum atomic E-state index is 6.08. The first-order valence-electron chi connectivity index (χ1n) is 10.5. The molecule has 0 atom stereocenters. The Balaban J connectivity index is 1.56. The number of methoxy groups -OCH3 is 2. The van der Waals surface area contributed by atoms with Gasteiger partial charge in [0.15, 0.2) is 0 Å². The van der Waals surface area contributed by atoms with Gasteiger partial charge in [0, 0.05) is 11.1 Å². The van der Waals surface area contributed by atoms with Gasteiger partial charge >= 0.3 is 6.01 Å². The first-order valence-corrected chi connectivity index (χ1v) is 10.5. The second-order valence-corrected chi connectivity index (χ2v) is 7.32. The molecule has 33 heavy (non-hydrogen) atoms. The summed E-state index contributed by atoms with van der Waals surface area (Å²) in [5, 5.41) is 0. The number of aromatic nitrogens is 4. The molecule has 5 aromatic rings. The van der Waals surface area contributed by atoms with E-state index < -0.39 is 0 Å². The molecular weight excluding hydrogens is 416 g/mol. The summed E-state index contributed by atoms with van der Waals surface area (Å²) in [5.41, 5.74) is 4.00. The van der Waals surface area contributed by atoms with Crippen LogP contribution in [-0.4, -0.2) is 33.7 Å². The summed E-state index contributed by atoms with van der Waals surface area (Å²) >= 11 is 0. The van der Waals surface area contributed by atoms with Gasteiger partial charge in [-0.25, -0.2) is 4.98 Å². The van der Waals surface area contributed by atoms with Crippen LogP contribution in [0.5, 0.6) is 23.5 Å². The minimum Gasteiger partial charge on any atom is -0.481 e. The number of ether oxygens (including phenoxy) is 3. The second kappa shape index (κ2) is 9.00. The number of imidazole rings is 1. The van der Waals surface area contributed by atoms with Crippen LogP contribution < -0.4 is 14.2 Å².